The van der Waals surface area contributed by atoms with Crippen LogP contribution in [0.5, 0.6) is 17.2 Å². The second kappa shape index (κ2) is 12.5. The van der Waals surface area contributed by atoms with E-state index in [-0.39, 0.29) is 17.6 Å². The quantitative estimate of drug-likeness (QED) is 0.202. The first kappa shape index (κ1) is 30.4. The zero-order valence-electron chi connectivity index (χ0n) is 26.2. The van der Waals surface area contributed by atoms with Crippen molar-refractivity contribution >= 4 is 34.8 Å². The van der Waals surface area contributed by atoms with Gasteiger partial charge in [0.15, 0.2) is 0 Å². The zero-order valence-corrected chi connectivity index (χ0v) is 27.0. The Hall–Kier alpha value is -5.21. The summed E-state index contributed by atoms with van der Waals surface area (Å²) in [5, 5.41) is 10.5. The molecule has 0 aliphatic carbocycles. The third-order valence-corrected chi connectivity index (χ3v) is 9.20. The number of carbonyl (C=O) groups excluding carboxylic acids is 2. The molecule has 4 aromatic carbocycles. The van der Waals surface area contributed by atoms with Gasteiger partial charge in [-0.2, -0.15) is 0 Å². The van der Waals surface area contributed by atoms with Gasteiger partial charge in [-0.25, -0.2) is 0 Å². The van der Waals surface area contributed by atoms with Gasteiger partial charge in [-0.1, -0.05) is 29.8 Å². The smallest absolute Gasteiger partial charge is 0.264 e. The Balaban J connectivity index is 1.37. The number of amides is 2. The maximum absolute atomic E-state index is 14.6. The maximum atomic E-state index is 14.6. The number of hydrogen-bond acceptors (Lipinski definition) is 5. The van der Waals surface area contributed by atoms with Gasteiger partial charge in [0.2, 0.25) is 0 Å². The topological polar surface area (TPSA) is 84.2 Å². The van der Waals surface area contributed by atoms with Crippen LogP contribution in [0.4, 0.5) is 11.4 Å². The van der Waals surface area contributed by atoms with Crippen molar-refractivity contribution in [3.8, 4) is 28.5 Å². The summed E-state index contributed by atoms with van der Waals surface area (Å²) in [5.74, 6) is 1.17. The molecule has 5 aromatic rings. The fourth-order valence-corrected chi connectivity index (χ4v) is 6.56. The Morgan fingerprint density at radius 1 is 0.787 bits per heavy atom. The van der Waals surface area contributed by atoms with E-state index >= 15 is 0 Å². The number of ether oxygens (including phenoxy) is 2. The van der Waals surface area contributed by atoms with E-state index in [0.717, 1.165) is 22.6 Å². The van der Waals surface area contributed by atoms with Crippen LogP contribution in [0.2, 0.25) is 5.02 Å². The third-order valence-electron chi connectivity index (χ3n) is 8.97. The van der Waals surface area contributed by atoms with Gasteiger partial charge < -0.3 is 24.0 Å². The van der Waals surface area contributed by atoms with Crippen LogP contribution < -0.4 is 14.4 Å². The fraction of sp³-hybridized carbons (Fsp3) is 0.211. The highest BCUT2D eigenvalue weighted by molar-refractivity contribution is 6.31. The molecule has 1 aromatic heterocycles. The van der Waals surface area contributed by atoms with Crippen LogP contribution in [0.3, 0.4) is 0 Å². The van der Waals surface area contributed by atoms with Crippen molar-refractivity contribution in [1.82, 2.24) is 9.47 Å². The molecule has 47 heavy (non-hydrogen) atoms. The highest BCUT2D eigenvalue weighted by Crippen LogP contribution is 2.37. The van der Waals surface area contributed by atoms with Gasteiger partial charge in [-0.05, 0) is 85.6 Å². The molecule has 0 radical (unpaired) electrons. The predicted molar refractivity (Wildman–Crippen MR) is 182 cm³/mol. The van der Waals surface area contributed by atoms with Crippen molar-refractivity contribution in [2.24, 2.45) is 7.05 Å². The van der Waals surface area contributed by atoms with Crippen LogP contribution in [-0.4, -0.2) is 46.1 Å². The number of hydrogen-bond donors (Lipinski definition) is 1. The molecule has 0 unspecified atom stereocenters. The van der Waals surface area contributed by atoms with Gasteiger partial charge in [0.05, 0.1) is 24.5 Å². The highest BCUT2D eigenvalue weighted by Gasteiger charge is 2.29. The Morgan fingerprint density at radius 3 is 2.40 bits per heavy atom. The minimum absolute atomic E-state index is 0.0948. The molecular weight excluding hydrogens is 614 g/mol. The second-order valence-electron chi connectivity index (χ2n) is 11.9. The van der Waals surface area contributed by atoms with Crippen LogP contribution in [0.15, 0.2) is 91.0 Å². The molecule has 0 saturated carbocycles. The Morgan fingerprint density at radius 2 is 1.57 bits per heavy atom. The lowest BCUT2D eigenvalue weighted by atomic mass is 9.96. The van der Waals surface area contributed by atoms with Gasteiger partial charge in [0.25, 0.3) is 11.8 Å². The number of phenolic OH excluding ortho intramolecular Hbond substituents is 1. The lowest BCUT2D eigenvalue weighted by Gasteiger charge is -2.30. The number of fused-ring (bicyclic) bond motifs is 6. The molecule has 8 bridgehead atoms. The van der Waals surface area contributed by atoms with Crippen molar-refractivity contribution in [2.75, 3.05) is 24.7 Å². The van der Waals surface area contributed by atoms with Crippen LogP contribution in [0.1, 0.15) is 44.0 Å². The first-order valence-electron chi connectivity index (χ1n) is 15.6. The third kappa shape index (κ3) is 5.81. The first-order valence-corrected chi connectivity index (χ1v) is 16.0. The number of aromatic hydroxyl groups is 1. The molecule has 238 valence electrons. The van der Waals surface area contributed by atoms with Crippen LogP contribution >= 0.6 is 11.6 Å². The molecule has 0 spiro atoms. The lowest BCUT2D eigenvalue weighted by Crippen LogP contribution is -2.36. The number of halogens is 1. The van der Waals surface area contributed by atoms with Crippen LogP contribution in [0.25, 0.3) is 11.3 Å². The van der Waals surface area contributed by atoms with E-state index in [1.54, 1.807) is 47.4 Å². The van der Waals surface area contributed by atoms with Gasteiger partial charge in [-0.15, -0.1) is 0 Å². The SMILES string of the molecule is Cc1c2cc(n1C)-c1cc(Cl)ccc1C(=O)N1CCc3c(cccc3OCCCOc3cccc(c3)N(c3ccc(O)cc3)C2=O)C1. The predicted octanol–water partition coefficient (Wildman–Crippen LogP) is 7.70. The standard InChI is InChI=1S/C38H34ClN3O5/c1-24-33-22-35(40(24)2)34-20-26(39)10-15-32(34)37(44)41-17-16-31-25(23-41)6-3-9-36(31)47-19-5-18-46-30-8-4-7-28(21-30)42(38(33)45)27-11-13-29(43)14-12-27/h3-4,6-15,20-22,43H,5,16-19,23H2,1-2H3. The lowest BCUT2D eigenvalue weighted by molar-refractivity contribution is 0.0734. The Bertz CT molecular complexity index is 2000. The summed E-state index contributed by atoms with van der Waals surface area (Å²) >= 11 is 6.53. The molecule has 8 nitrogen and oxygen atoms in total. The summed E-state index contributed by atoms with van der Waals surface area (Å²) in [5.41, 5.74) is 6.40. The zero-order chi connectivity index (χ0) is 32.7. The number of anilines is 2. The van der Waals surface area contributed by atoms with Gasteiger partial charge in [0, 0.05) is 71.4 Å². The van der Waals surface area contributed by atoms with E-state index in [1.165, 1.54) is 0 Å². The van der Waals surface area contributed by atoms with Crippen molar-refractivity contribution in [1.29, 1.82) is 0 Å². The summed E-state index contributed by atoms with van der Waals surface area (Å²) in [7, 11) is 1.88. The minimum Gasteiger partial charge on any atom is -0.508 e. The van der Waals surface area contributed by atoms with E-state index in [4.69, 9.17) is 21.1 Å². The normalized spacial score (nSPS) is 15.0. The minimum atomic E-state index is -0.274. The molecular formula is C38H34ClN3O5. The summed E-state index contributed by atoms with van der Waals surface area (Å²) in [4.78, 5) is 32.2. The Labute approximate surface area is 278 Å². The molecule has 9 heteroatoms. The van der Waals surface area contributed by atoms with Crippen LogP contribution in [0, 0.1) is 6.92 Å². The molecule has 3 aliphatic rings. The van der Waals surface area contributed by atoms with E-state index in [2.05, 4.69) is 0 Å². The van der Waals surface area contributed by atoms with E-state index < -0.39 is 0 Å². The first-order chi connectivity index (χ1) is 22.8. The van der Waals surface area contributed by atoms with Crippen LogP contribution in [-0.2, 0) is 20.0 Å². The van der Waals surface area contributed by atoms with Gasteiger partial charge >= 0.3 is 0 Å². The van der Waals surface area contributed by atoms with Crippen molar-refractivity contribution in [3.05, 3.63) is 124 Å². The molecule has 4 heterocycles. The molecule has 0 atom stereocenters. The molecule has 2 amide bonds. The molecule has 3 aliphatic heterocycles. The van der Waals surface area contributed by atoms with E-state index in [0.29, 0.717) is 83.7 Å². The van der Waals surface area contributed by atoms with Crippen molar-refractivity contribution in [3.63, 3.8) is 0 Å². The highest BCUT2D eigenvalue weighted by atomic mass is 35.5. The summed E-state index contributed by atoms with van der Waals surface area (Å²) < 4.78 is 14.2. The number of benzene rings is 4. The summed E-state index contributed by atoms with van der Waals surface area (Å²) in [6.07, 6.45) is 1.34. The summed E-state index contributed by atoms with van der Waals surface area (Å²) in [6, 6.07) is 27.0. The molecule has 0 saturated heterocycles. The second-order valence-corrected chi connectivity index (χ2v) is 12.3. The summed E-state index contributed by atoms with van der Waals surface area (Å²) in [6.45, 7) is 3.79. The maximum Gasteiger partial charge on any atom is 0.264 e. The Kier molecular flexibility index (Phi) is 8.12. The van der Waals surface area contributed by atoms with Gasteiger partial charge in [-0.3, -0.25) is 14.5 Å². The van der Waals surface area contributed by atoms with Crippen molar-refractivity contribution < 1.29 is 24.2 Å². The number of nitrogens with zero attached hydrogens (tertiary/aromatic N) is 3. The monoisotopic (exact) mass is 647 g/mol. The van der Waals surface area contributed by atoms with Gasteiger partial charge in [0.1, 0.15) is 17.2 Å². The fourth-order valence-electron chi connectivity index (χ4n) is 6.39. The number of carbonyl (C=O) groups is 2. The largest absolute Gasteiger partial charge is 0.508 e. The van der Waals surface area contributed by atoms with E-state index in [1.807, 2.05) is 72.0 Å². The average molecular weight is 648 g/mol. The van der Waals surface area contributed by atoms with Crippen molar-refractivity contribution in [2.45, 2.75) is 26.3 Å². The molecule has 8 rings (SSSR count). The molecule has 1 N–H and O–H groups in total. The number of phenols is 1. The number of aromatic nitrogens is 1. The number of rotatable bonds is 1. The van der Waals surface area contributed by atoms with E-state index in [9.17, 15) is 14.7 Å². The average Bonchev–Trinajstić information content (AvgIpc) is 3.38. The molecule has 0 fully saturated rings.